The molecule has 2 aliphatic heterocycles. The quantitative estimate of drug-likeness (QED) is 0.164. The fourth-order valence-electron chi connectivity index (χ4n) is 7.24. The van der Waals surface area contributed by atoms with Gasteiger partial charge in [0.2, 0.25) is 11.8 Å². The maximum atomic E-state index is 13.5. The molecule has 284 valence electrons. The van der Waals surface area contributed by atoms with Crippen LogP contribution in [0.2, 0.25) is 0 Å². The number of aromatic nitrogens is 4. The van der Waals surface area contributed by atoms with E-state index in [1.807, 2.05) is 58.0 Å². The summed E-state index contributed by atoms with van der Waals surface area (Å²) < 4.78 is 9.49. The van der Waals surface area contributed by atoms with Crippen molar-refractivity contribution in [1.29, 1.82) is 0 Å². The molecule has 6 rings (SSSR count). The van der Waals surface area contributed by atoms with Crippen LogP contribution in [0.3, 0.4) is 0 Å². The fraction of sp³-hybridized carbons (Fsp3) is 0.450. The number of aromatic amines is 2. The van der Waals surface area contributed by atoms with Crippen molar-refractivity contribution in [2.24, 2.45) is 11.8 Å². The molecule has 0 saturated carbocycles. The lowest BCUT2D eigenvalue weighted by Crippen LogP contribution is -2.51. The zero-order valence-corrected chi connectivity index (χ0v) is 31.6. The Morgan fingerprint density at radius 1 is 0.741 bits per heavy atom. The largest absolute Gasteiger partial charge is 0.453 e. The minimum atomic E-state index is -0.699. The van der Waals surface area contributed by atoms with E-state index in [-0.39, 0.29) is 35.7 Å². The maximum absolute atomic E-state index is 13.5. The van der Waals surface area contributed by atoms with Crippen LogP contribution >= 0.6 is 0 Å². The van der Waals surface area contributed by atoms with E-state index in [0.717, 1.165) is 53.3 Å². The van der Waals surface area contributed by atoms with Gasteiger partial charge in [0, 0.05) is 24.2 Å². The number of likely N-dealkylation sites (tertiary alicyclic amines) is 2. The second-order valence-corrected chi connectivity index (χ2v) is 14.5. The second kappa shape index (κ2) is 16.4. The molecule has 2 aromatic heterocycles. The third-order valence-corrected chi connectivity index (χ3v) is 10.2. The first-order chi connectivity index (χ1) is 26.0. The van der Waals surface area contributed by atoms with E-state index in [1.54, 1.807) is 22.2 Å². The average Bonchev–Trinajstić information content (AvgIpc) is 4.00. The standard InChI is InChI=1S/C40H48N8O6/c1-23(2)33(45-39(51)53-5)37(49)47-17-7-9-31(47)35-41-21-29(43-35)16-12-25-11-13-27-20-28(15-14-26(27)19-25)30-22-42-36(44-30)32-10-8-18-48(32)38(50)34(24(3)4)46-40(52)54-6/h11,13-15,19-24,31-34H,7-10,17-18H2,1-6H3,(H,41,43)(H,42,44)(H,45,51)(H,46,52)/t31-,32-,33-,34+/m0/s1. The monoisotopic (exact) mass is 736 g/mol. The number of fused-ring (bicyclic) bond motifs is 1. The van der Waals surface area contributed by atoms with E-state index in [2.05, 4.69) is 48.5 Å². The molecule has 14 nitrogen and oxygen atoms in total. The number of carbonyl (C=O) groups is 4. The molecule has 2 saturated heterocycles. The summed E-state index contributed by atoms with van der Waals surface area (Å²) in [5.74, 6) is 7.27. The van der Waals surface area contributed by atoms with Gasteiger partial charge in [-0.15, -0.1) is 0 Å². The van der Waals surface area contributed by atoms with Gasteiger partial charge < -0.3 is 39.9 Å². The number of amides is 4. The molecular formula is C40H48N8O6. The number of rotatable bonds is 9. The summed E-state index contributed by atoms with van der Waals surface area (Å²) in [6.07, 6.45) is 5.43. The third kappa shape index (κ3) is 8.20. The van der Waals surface area contributed by atoms with E-state index >= 15 is 0 Å². The van der Waals surface area contributed by atoms with Gasteiger partial charge in [0.1, 0.15) is 29.4 Å². The minimum absolute atomic E-state index is 0.109. The summed E-state index contributed by atoms with van der Waals surface area (Å²) in [5, 5.41) is 7.43. The Bertz CT molecular complexity index is 2080. The van der Waals surface area contributed by atoms with Crippen LogP contribution in [0.1, 0.15) is 88.4 Å². The zero-order chi connectivity index (χ0) is 38.5. The molecule has 0 unspecified atom stereocenters. The zero-order valence-electron chi connectivity index (χ0n) is 31.6. The lowest BCUT2D eigenvalue weighted by Gasteiger charge is -2.30. The van der Waals surface area contributed by atoms with E-state index in [9.17, 15) is 19.2 Å². The lowest BCUT2D eigenvalue weighted by molar-refractivity contribution is -0.136. The molecule has 54 heavy (non-hydrogen) atoms. The first-order valence-electron chi connectivity index (χ1n) is 18.4. The molecule has 2 fully saturated rings. The summed E-state index contributed by atoms with van der Waals surface area (Å²) in [5.41, 5.74) is 3.30. The lowest BCUT2D eigenvalue weighted by atomic mass is 10.0. The van der Waals surface area contributed by atoms with Crippen LogP contribution in [-0.2, 0) is 19.1 Å². The first-order valence-corrected chi connectivity index (χ1v) is 18.4. The number of nitrogens with one attached hydrogen (secondary N) is 4. The van der Waals surface area contributed by atoms with Gasteiger partial charge in [0.05, 0.1) is 44.4 Å². The molecule has 0 radical (unpaired) electrons. The van der Waals surface area contributed by atoms with Gasteiger partial charge in [0.25, 0.3) is 0 Å². The number of benzene rings is 2. The Hall–Kier alpha value is -5.84. The molecule has 2 aromatic carbocycles. The first kappa shape index (κ1) is 37.9. The van der Waals surface area contributed by atoms with Crippen LogP contribution < -0.4 is 10.6 Å². The number of methoxy groups -OCH3 is 2. The molecule has 0 spiro atoms. The molecule has 14 heteroatoms. The molecule has 2 aliphatic rings. The molecule has 0 aliphatic carbocycles. The van der Waals surface area contributed by atoms with E-state index in [0.29, 0.717) is 30.4 Å². The highest BCUT2D eigenvalue weighted by atomic mass is 16.5. The van der Waals surface area contributed by atoms with Crippen LogP contribution in [0, 0.1) is 23.7 Å². The van der Waals surface area contributed by atoms with Gasteiger partial charge in [-0.1, -0.05) is 51.8 Å². The Morgan fingerprint density at radius 2 is 1.28 bits per heavy atom. The topological polar surface area (TPSA) is 175 Å². The predicted octanol–water partition coefficient (Wildman–Crippen LogP) is 5.44. The van der Waals surface area contributed by atoms with E-state index < -0.39 is 24.3 Å². The SMILES string of the molecule is COC(=O)N[C@H](C(=O)N1CCC[C@H]1c1ncc(C#Cc2ccc3cc(-c4cnc([C@@H]5CCCN5C(=O)[C@H](NC(=O)OC)C(C)C)[nH]4)ccc3c2)[nH]1)C(C)C. The van der Waals surface area contributed by atoms with Crippen molar-refractivity contribution >= 4 is 34.8 Å². The number of alkyl carbamates (subject to hydrolysis) is 2. The average molecular weight is 737 g/mol. The Balaban J connectivity index is 1.13. The van der Waals surface area contributed by atoms with Crippen molar-refractivity contribution < 1.29 is 28.7 Å². The van der Waals surface area contributed by atoms with Crippen molar-refractivity contribution in [3.63, 3.8) is 0 Å². The second-order valence-electron chi connectivity index (χ2n) is 14.5. The molecular weight excluding hydrogens is 688 g/mol. The number of nitrogens with zero attached hydrogens (tertiary/aromatic N) is 4. The molecule has 0 bridgehead atoms. The Morgan fingerprint density at radius 3 is 1.85 bits per heavy atom. The van der Waals surface area contributed by atoms with Crippen molar-refractivity contribution in [3.8, 4) is 23.1 Å². The Kier molecular flexibility index (Phi) is 11.5. The van der Waals surface area contributed by atoms with Gasteiger partial charge >= 0.3 is 12.2 Å². The van der Waals surface area contributed by atoms with Crippen LogP contribution in [0.4, 0.5) is 9.59 Å². The maximum Gasteiger partial charge on any atom is 0.407 e. The highest BCUT2D eigenvalue weighted by Crippen LogP contribution is 2.34. The summed E-state index contributed by atoms with van der Waals surface area (Å²) in [4.78, 5) is 70.4. The molecule has 4 atom stereocenters. The highest BCUT2D eigenvalue weighted by Gasteiger charge is 2.39. The predicted molar refractivity (Wildman–Crippen MR) is 202 cm³/mol. The number of H-pyrrole nitrogens is 2. The van der Waals surface area contributed by atoms with Crippen molar-refractivity contribution in [3.05, 3.63) is 71.7 Å². The number of carbonyl (C=O) groups excluding carboxylic acids is 4. The summed E-state index contributed by atoms with van der Waals surface area (Å²) in [7, 11) is 2.57. The van der Waals surface area contributed by atoms with Gasteiger partial charge in [-0.25, -0.2) is 19.6 Å². The molecule has 4 heterocycles. The van der Waals surface area contributed by atoms with Gasteiger partial charge in [0.15, 0.2) is 0 Å². The van der Waals surface area contributed by atoms with Crippen LogP contribution in [0.5, 0.6) is 0 Å². The third-order valence-electron chi connectivity index (χ3n) is 10.2. The van der Waals surface area contributed by atoms with Gasteiger partial charge in [-0.05, 0) is 72.4 Å². The van der Waals surface area contributed by atoms with Crippen LogP contribution in [0.15, 0.2) is 48.8 Å². The molecule has 4 amide bonds. The summed E-state index contributed by atoms with van der Waals surface area (Å²) >= 11 is 0. The number of hydrogen-bond donors (Lipinski definition) is 4. The smallest absolute Gasteiger partial charge is 0.407 e. The fourth-order valence-corrected chi connectivity index (χ4v) is 7.24. The Labute approximate surface area is 314 Å². The number of imidazole rings is 2. The van der Waals surface area contributed by atoms with E-state index in [1.165, 1.54) is 14.2 Å². The summed E-state index contributed by atoms with van der Waals surface area (Å²) in [6, 6.07) is 10.4. The van der Waals surface area contributed by atoms with Gasteiger partial charge in [-0.3, -0.25) is 9.59 Å². The normalized spacial score (nSPS) is 18.0. The van der Waals surface area contributed by atoms with Crippen LogP contribution in [0.25, 0.3) is 22.0 Å². The minimum Gasteiger partial charge on any atom is -0.453 e. The highest BCUT2D eigenvalue weighted by molar-refractivity contribution is 5.89. The van der Waals surface area contributed by atoms with Crippen molar-refractivity contribution in [2.75, 3.05) is 27.3 Å². The van der Waals surface area contributed by atoms with Crippen molar-refractivity contribution in [2.45, 2.75) is 77.5 Å². The van der Waals surface area contributed by atoms with Crippen LogP contribution in [-0.4, -0.2) is 93.1 Å². The van der Waals surface area contributed by atoms with Gasteiger partial charge in [-0.2, -0.15) is 0 Å². The molecule has 4 N–H and O–H groups in total. The summed E-state index contributed by atoms with van der Waals surface area (Å²) in [6.45, 7) is 8.73. The van der Waals surface area contributed by atoms with Crippen molar-refractivity contribution in [1.82, 2.24) is 40.4 Å². The number of hydrogen-bond acceptors (Lipinski definition) is 8. The van der Waals surface area contributed by atoms with E-state index in [4.69, 9.17) is 9.47 Å². The molecule has 4 aromatic rings. The number of ether oxygens (including phenoxy) is 2.